The van der Waals surface area contributed by atoms with Crippen molar-refractivity contribution in [2.45, 2.75) is 83.1 Å². The van der Waals surface area contributed by atoms with Crippen LogP contribution in [0.25, 0.3) is 0 Å². The molecule has 9 nitrogen and oxygen atoms in total. The summed E-state index contributed by atoms with van der Waals surface area (Å²) in [4.78, 5) is 21.3. The number of aliphatic hydroxyl groups excluding tert-OH is 1. The van der Waals surface area contributed by atoms with Gasteiger partial charge in [0.1, 0.15) is 12.2 Å². The third kappa shape index (κ3) is 7.56. The summed E-state index contributed by atoms with van der Waals surface area (Å²) in [5.74, 6) is 1.20. The maximum absolute atomic E-state index is 12.1. The van der Waals surface area contributed by atoms with Crippen LogP contribution in [0.15, 0.2) is 43.2 Å². The molecule has 0 aromatic carbocycles. The van der Waals surface area contributed by atoms with Gasteiger partial charge in [-0.2, -0.15) is 0 Å². The highest BCUT2D eigenvalue weighted by atomic mass is 16.5. The normalized spacial score (nSPS) is 19.3. The van der Waals surface area contributed by atoms with Gasteiger partial charge in [-0.15, -0.1) is 6.58 Å². The molecule has 4 N–H and O–H groups in total. The van der Waals surface area contributed by atoms with E-state index in [9.17, 15) is 9.90 Å². The number of fused-ring (bicyclic) bond motifs is 1. The van der Waals surface area contributed by atoms with Gasteiger partial charge < -0.3 is 30.5 Å². The number of hydrogen-bond donors (Lipinski definition) is 4. The second-order valence-electron chi connectivity index (χ2n) is 12.0. The molecule has 0 bridgehead atoms. The third-order valence-electron chi connectivity index (χ3n) is 7.32. The molecule has 1 saturated carbocycles. The van der Waals surface area contributed by atoms with Gasteiger partial charge in [0.2, 0.25) is 5.91 Å². The second kappa shape index (κ2) is 12.4. The highest BCUT2D eigenvalue weighted by Crippen LogP contribution is 2.51. The lowest BCUT2D eigenvalue weighted by Gasteiger charge is -2.48. The van der Waals surface area contributed by atoms with E-state index in [1.54, 1.807) is 18.5 Å². The molecule has 3 heterocycles. The van der Waals surface area contributed by atoms with Gasteiger partial charge in [-0.3, -0.25) is 9.78 Å². The average Bonchev–Trinajstić information content (AvgIpc) is 2.86. The molecule has 1 aliphatic heterocycles. The van der Waals surface area contributed by atoms with E-state index in [2.05, 4.69) is 54.4 Å². The van der Waals surface area contributed by atoms with Gasteiger partial charge in [0.15, 0.2) is 11.6 Å². The van der Waals surface area contributed by atoms with Crippen molar-refractivity contribution in [3.05, 3.63) is 54.5 Å². The van der Waals surface area contributed by atoms with Crippen LogP contribution in [0, 0.1) is 5.41 Å². The quantitative estimate of drug-likeness (QED) is 0.298. The lowest BCUT2D eigenvalue weighted by atomic mass is 9.72. The maximum atomic E-state index is 12.1. The number of amides is 1. The van der Waals surface area contributed by atoms with Crippen molar-refractivity contribution in [2.24, 2.45) is 5.41 Å². The molecule has 1 amide bonds. The lowest BCUT2D eigenvalue weighted by molar-refractivity contribution is -0.126. The number of nitrogens with zero attached hydrogens (tertiary/aromatic N) is 2. The smallest absolute Gasteiger partial charge is 0.246 e. The number of anilines is 2. The molecule has 4 rings (SSSR count). The average molecular weight is 538 g/mol. The minimum atomic E-state index is -0.808. The summed E-state index contributed by atoms with van der Waals surface area (Å²) in [6.45, 7) is 10.6. The van der Waals surface area contributed by atoms with E-state index in [-0.39, 0.29) is 29.6 Å². The Morgan fingerprint density at radius 3 is 2.69 bits per heavy atom. The number of methoxy groups -OCH3 is 1. The number of hydrogen-bond acceptors (Lipinski definition) is 8. The summed E-state index contributed by atoms with van der Waals surface area (Å²) in [7, 11) is 1.47. The summed E-state index contributed by atoms with van der Waals surface area (Å²) in [6.07, 6.45) is 9.55. The van der Waals surface area contributed by atoms with Gasteiger partial charge >= 0.3 is 0 Å². The molecular weight excluding hydrogens is 494 g/mol. The zero-order valence-corrected chi connectivity index (χ0v) is 23.6. The minimum Gasteiger partial charge on any atom is -0.483 e. The van der Waals surface area contributed by atoms with Crippen LogP contribution < -0.4 is 20.7 Å². The van der Waals surface area contributed by atoms with Crippen LogP contribution in [0.2, 0.25) is 0 Å². The number of aliphatic hydroxyl groups is 1. The zero-order chi connectivity index (χ0) is 28.0. The summed E-state index contributed by atoms with van der Waals surface area (Å²) >= 11 is 0. The molecule has 2 aliphatic rings. The summed E-state index contributed by atoms with van der Waals surface area (Å²) in [6, 6.07) is 5.47. The van der Waals surface area contributed by atoms with Gasteiger partial charge in [0.05, 0.1) is 12.1 Å². The Bertz CT molecular complexity index is 1130. The van der Waals surface area contributed by atoms with Crippen molar-refractivity contribution in [1.29, 1.82) is 0 Å². The fourth-order valence-corrected chi connectivity index (χ4v) is 5.34. The molecule has 0 unspecified atom stereocenters. The predicted molar refractivity (Wildman–Crippen MR) is 152 cm³/mol. The van der Waals surface area contributed by atoms with Crippen LogP contribution in [0.1, 0.15) is 70.2 Å². The van der Waals surface area contributed by atoms with Gasteiger partial charge in [-0.1, -0.05) is 26.8 Å². The standard InChI is InChI=1S/C30H43N5O4/c1-6-8-23(35-26(37)19-38-5)25(36)18-32-24-17-30(11-7-12-30)39-27-22(24)15-21(16-29(2,3)4)34-28(27)33-20-9-13-31-14-10-20/h6,9-10,13-15,23-25,32,36H,1,7-8,11-12,16-19H2,2-5H3,(H,35,37)(H,31,33,34)/t23-,24-,25+/m0/s1. The van der Waals surface area contributed by atoms with Crippen molar-refractivity contribution in [3.63, 3.8) is 0 Å². The molecule has 212 valence electrons. The van der Waals surface area contributed by atoms with Crippen LogP contribution in [-0.4, -0.2) is 59.0 Å². The number of nitrogens with one attached hydrogen (secondary N) is 3. The second-order valence-corrected chi connectivity index (χ2v) is 12.0. The topological polar surface area (TPSA) is 118 Å². The van der Waals surface area contributed by atoms with Crippen LogP contribution in [0.3, 0.4) is 0 Å². The Morgan fingerprint density at radius 2 is 2.08 bits per heavy atom. The Balaban J connectivity index is 1.63. The van der Waals surface area contributed by atoms with Crippen molar-refractivity contribution < 1.29 is 19.4 Å². The largest absolute Gasteiger partial charge is 0.483 e. The number of carbonyl (C=O) groups excluding carboxylic acids is 1. The number of rotatable bonds is 12. The van der Waals surface area contributed by atoms with E-state index in [1.807, 2.05) is 12.1 Å². The van der Waals surface area contributed by atoms with E-state index < -0.39 is 12.1 Å². The molecule has 2 aromatic heterocycles. The molecule has 39 heavy (non-hydrogen) atoms. The minimum absolute atomic E-state index is 0.0394. The summed E-state index contributed by atoms with van der Waals surface area (Å²) < 4.78 is 11.7. The zero-order valence-electron chi connectivity index (χ0n) is 23.6. The van der Waals surface area contributed by atoms with Crippen molar-refractivity contribution >= 4 is 17.4 Å². The first kappa shape index (κ1) is 29.0. The Kier molecular flexibility index (Phi) is 9.25. The Labute approximate surface area is 231 Å². The maximum Gasteiger partial charge on any atom is 0.246 e. The number of aromatic nitrogens is 2. The van der Waals surface area contributed by atoms with Gasteiger partial charge in [0, 0.05) is 55.5 Å². The van der Waals surface area contributed by atoms with Crippen LogP contribution >= 0.6 is 0 Å². The predicted octanol–water partition coefficient (Wildman–Crippen LogP) is 4.21. The number of carbonyl (C=O) groups is 1. The van der Waals surface area contributed by atoms with Gasteiger partial charge in [-0.05, 0) is 55.7 Å². The summed E-state index contributed by atoms with van der Waals surface area (Å²) in [5.41, 5.74) is 2.72. The first-order valence-electron chi connectivity index (χ1n) is 13.8. The van der Waals surface area contributed by atoms with Crippen LogP contribution in [-0.2, 0) is 16.0 Å². The van der Waals surface area contributed by atoms with Crippen molar-refractivity contribution in [3.8, 4) is 5.75 Å². The third-order valence-corrected chi connectivity index (χ3v) is 7.32. The number of ether oxygens (including phenoxy) is 2. The Morgan fingerprint density at radius 1 is 1.33 bits per heavy atom. The molecule has 1 fully saturated rings. The van der Waals surface area contributed by atoms with Crippen LogP contribution in [0.4, 0.5) is 11.5 Å². The highest BCUT2D eigenvalue weighted by Gasteiger charge is 2.47. The van der Waals surface area contributed by atoms with Crippen molar-refractivity contribution in [2.75, 3.05) is 25.6 Å². The lowest BCUT2D eigenvalue weighted by Crippen LogP contribution is -2.52. The monoisotopic (exact) mass is 537 g/mol. The molecule has 0 saturated heterocycles. The number of pyridine rings is 2. The fraction of sp³-hybridized carbons (Fsp3) is 0.567. The fourth-order valence-electron chi connectivity index (χ4n) is 5.34. The first-order valence-corrected chi connectivity index (χ1v) is 13.8. The first-order chi connectivity index (χ1) is 18.6. The van der Waals surface area contributed by atoms with E-state index in [1.165, 1.54) is 7.11 Å². The molecule has 0 radical (unpaired) electrons. The van der Waals surface area contributed by atoms with Crippen molar-refractivity contribution in [1.82, 2.24) is 20.6 Å². The van der Waals surface area contributed by atoms with Crippen LogP contribution in [0.5, 0.6) is 5.75 Å². The molecule has 3 atom stereocenters. The Hall–Kier alpha value is -3.01. The van der Waals surface area contributed by atoms with E-state index in [0.717, 1.165) is 54.8 Å². The summed E-state index contributed by atoms with van der Waals surface area (Å²) in [5, 5.41) is 21.0. The molecule has 2 aromatic rings. The molecule has 1 spiro atoms. The van der Waals surface area contributed by atoms with Gasteiger partial charge in [0.25, 0.3) is 0 Å². The van der Waals surface area contributed by atoms with Gasteiger partial charge in [-0.25, -0.2) is 4.98 Å². The molecular formula is C30H43N5O4. The molecule has 1 aliphatic carbocycles. The molecule has 9 heteroatoms. The highest BCUT2D eigenvalue weighted by molar-refractivity contribution is 5.77. The van der Waals surface area contributed by atoms with E-state index >= 15 is 0 Å². The van der Waals surface area contributed by atoms with E-state index in [4.69, 9.17) is 14.5 Å². The van der Waals surface area contributed by atoms with E-state index in [0.29, 0.717) is 18.8 Å². The SMILES string of the molecule is C=CC[C@H](NC(=O)COC)[C@H](O)CN[C@H]1CC2(CCC2)Oc2c1cc(CC(C)(C)C)nc2Nc1ccncc1.